The molecule has 106 valence electrons. The van der Waals surface area contributed by atoms with Crippen LogP contribution in [0.25, 0.3) is 0 Å². The quantitative estimate of drug-likeness (QED) is 0.717. The Hall–Kier alpha value is -0.660. The van der Waals surface area contributed by atoms with Gasteiger partial charge in [0.2, 0.25) is 10.0 Å². The molecule has 0 spiro atoms. The molecule has 2 unspecified atom stereocenters. The highest BCUT2D eigenvalue weighted by Crippen LogP contribution is 2.26. The molecule has 1 saturated heterocycles. The predicted octanol–water partition coefficient (Wildman–Crippen LogP) is 0.538. The molecule has 0 aromatic heterocycles. The summed E-state index contributed by atoms with van der Waals surface area (Å²) < 4.78 is 30.4. The van der Waals surface area contributed by atoms with E-state index in [1.807, 2.05) is 0 Å². The molecule has 18 heavy (non-hydrogen) atoms. The number of carbonyl (C=O) groups is 1. The minimum absolute atomic E-state index is 0.107. The van der Waals surface area contributed by atoms with E-state index in [-0.39, 0.29) is 24.8 Å². The van der Waals surface area contributed by atoms with Crippen molar-refractivity contribution >= 4 is 16.0 Å². The summed E-state index contributed by atoms with van der Waals surface area (Å²) >= 11 is 0. The van der Waals surface area contributed by atoms with Gasteiger partial charge < -0.3 is 9.84 Å². The topological polar surface area (TPSA) is 83.9 Å². The molecule has 0 radical (unpaired) electrons. The molecule has 1 aliphatic heterocycles. The first-order chi connectivity index (χ1) is 8.40. The minimum Gasteiger partial charge on any atom is -0.480 e. The summed E-state index contributed by atoms with van der Waals surface area (Å²) in [5, 5.41) is 9.18. The van der Waals surface area contributed by atoms with Crippen LogP contribution in [0, 0.1) is 5.92 Å². The Morgan fingerprint density at radius 1 is 1.50 bits per heavy atom. The number of sulfonamides is 1. The van der Waals surface area contributed by atoms with Crippen molar-refractivity contribution in [2.75, 3.05) is 25.5 Å². The Kier molecular flexibility index (Phi) is 5.55. The molecular formula is C11H21NO5S. The maximum atomic E-state index is 12.1. The van der Waals surface area contributed by atoms with Crippen LogP contribution in [0.15, 0.2) is 0 Å². The number of aliphatic carboxylic acids is 1. The van der Waals surface area contributed by atoms with Crippen LogP contribution in [-0.4, -0.2) is 55.4 Å². The number of carboxylic acids is 1. The second kappa shape index (κ2) is 6.49. The van der Waals surface area contributed by atoms with Crippen molar-refractivity contribution in [3.8, 4) is 0 Å². The first kappa shape index (κ1) is 15.4. The molecule has 1 fully saturated rings. The third-order valence-electron chi connectivity index (χ3n) is 3.19. The average Bonchev–Trinajstić information content (AvgIpc) is 2.28. The lowest BCUT2D eigenvalue weighted by Crippen LogP contribution is -2.52. The van der Waals surface area contributed by atoms with Crippen LogP contribution in [0.2, 0.25) is 0 Å². The number of hydrogen-bond donors (Lipinski definition) is 1. The van der Waals surface area contributed by atoms with E-state index in [9.17, 15) is 18.3 Å². The molecule has 0 aromatic rings. The zero-order valence-corrected chi connectivity index (χ0v) is 11.6. The normalized spacial score (nSPS) is 26.1. The lowest BCUT2D eigenvalue weighted by atomic mass is 9.93. The maximum absolute atomic E-state index is 12.1. The molecule has 0 saturated carbocycles. The number of piperidine rings is 1. The third kappa shape index (κ3) is 3.66. The summed E-state index contributed by atoms with van der Waals surface area (Å²) in [5.41, 5.74) is 0. The van der Waals surface area contributed by atoms with Gasteiger partial charge in [-0.2, -0.15) is 4.31 Å². The van der Waals surface area contributed by atoms with E-state index < -0.39 is 22.0 Å². The van der Waals surface area contributed by atoms with Gasteiger partial charge >= 0.3 is 5.97 Å². The van der Waals surface area contributed by atoms with E-state index >= 15 is 0 Å². The summed E-state index contributed by atoms with van der Waals surface area (Å²) in [4.78, 5) is 11.2. The SMILES string of the molecule is CCOCCS(=O)(=O)N1CCCC(C)C1C(=O)O. The number of nitrogens with zero attached hydrogens (tertiary/aromatic N) is 1. The summed E-state index contributed by atoms with van der Waals surface area (Å²) in [6.07, 6.45) is 1.45. The van der Waals surface area contributed by atoms with Crippen molar-refractivity contribution in [2.24, 2.45) is 5.92 Å². The second-order valence-corrected chi connectivity index (χ2v) is 6.57. The van der Waals surface area contributed by atoms with Gasteiger partial charge in [0, 0.05) is 13.2 Å². The Labute approximate surface area is 108 Å². The number of rotatable bonds is 6. The Balaban J connectivity index is 2.80. The van der Waals surface area contributed by atoms with E-state index in [0.29, 0.717) is 13.0 Å². The number of carboxylic acid groups (broad SMARTS) is 1. The molecule has 2 atom stereocenters. The van der Waals surface area contributed by atoms with Crippen LogP contribution in [0.3, 0.4) is 0 Å². The fraction of sp³-hybridized carbons (Fsp3) is 0.909. The van der Waals surface area contributed by atoms with Gasteiger partial charge in [0.1, 0.15) is 6.04 Å². The highest BCUT2D eigenvalue weighted by Gasteiger charge is 2.40. The van der Waals surface area contributed by atoms with Crippen molar-refractivity contribution in [1.29, 1.82) is 0 Å². The van der Waals surface area contributed by atoms with Crippen LogP contribution in [0.1, 0.15) is 26.7 Å². The molecule has 0 amide bonds. The second-order valence-electron chi connectivity index (χ2n) is 4.53. The standard InChI is InChI=1S/C11H21NO5S/c1-3-17-7-8-18(15,16)12-6-4-5-9(2)10(12)11(13)14/h9-10H,3-8H2,1-2H3,(H,13,14). The van der Waals surface area contributed by atoms with E-state index in [4.69, 9.17) is 4.74 Å². The van der Waals surface area contributed by atoms with Gasteiger partial charge in [0.25, 0.3) is 0 Å². The smallest absolute Gasteiger partial charge is 0.322 e. The van der Waals surface area contributed by atoms with E-state index in [1.54, 1.807) is 13.8 Å². The largest absolute Gasteiger partial charge is 0.480 e. The maximum Gasteiger partial charge on any atom is 0.322 e. The van der Waals surface area contributed by atoms with Crippen molar-refractivity contribution in [3.05, 3.63) is 0 Å². The molecule has 1 aliphatic rings. The number of ether oxygens (including phenoxy) is 1. The molecule has 0 aromatic carbocycles. The van der Waals surface area contributed by atoms with Crippen LogP contribution >= 0.6 is 0 Å². The van der Waals surface area contributed by atoms with Crippen molar-refractivity contribution in [2.45, 2.75) is 32.7 Å². The van der Waals surface area contributed by atoms with Crippen LogP contribution in [-0.2, 0) is 19.6 Å². The highest BCUT2D eigenvalue weighted by molar-refractivity contribution is 7.89. The monoisotopic (exact) mass is 279 g/mol. The van der Waals surface area contributed by atoms with Crippen LogP contribution < -0.4 is 0 Å². The first-order valence-corrected chi connectivity index (χ1v) is 7.81. The summed E-state index contributed by atoms with van der Waals surface area (Å²) in [5.74, 6) is -1.38. The summed E-state index contributed by atoms with van der Waals surface area (Å²) in [7, 11) is -3.56. The first-order valence-electron chi connectivity index (χ1n) is 6.20. The fourth-order valence-electron chi connectivity index (χ4n) is 2.25. The molecule has 1 heterocycles. The van der Waals surface area contributed by atoms with Gasteiger partial charge in [0.15, 0.2) is 0 Å². The zero-order valence-electron chi connectivity index (χ0n) is 10.8. The fourth-order valence-corrected chi connectivity index (χ4v) is 3.87. The Bertz CT molecular complexity index is 381. The van der Waals surface area contributed by atoms with Gasteiger partial charge in [-0.15, -0.1) is 0 Å². The number of hydrogen-bond acceptors (Lipinski definition) is 4. The molecule has 1 rings (SSSR count). The molecule has 6 nitrogen and oxygen atoms in total. The molecule has 0 aliphatic carbocycles. The Morgan fingerprint density at radius 2 is 2.17 bits per heavy atom. The zero-order chi connectivity index (χ0) is 13.8. The van der Waals surface area contributed by atoms with Gasteiger partial charge in [0.05, 0.1) is 12.4 Å². The highest BCUT2D eigenvalue weighted by atomic mass is 32.2. The van der Waals surface area contributed by atoms with Gasteiger partial charge in [-0.3, -0.25) is 4.79 Å². The van der Waals surface area contributed by atoms with Crippen molar-refractivity contribution < 1.29 is 23.1 Å². The van der Waals surface area contributed by atoms with Gasteiger partial charge in [-0.25, -0.2) is 8.42 Å². The average molecular weight is 279 g/mol. The van der Waals surface area contributed by atoms with E-state index in [0.717, 1.165) is 10.7 Å². The van der Waals surface area contributed by atoms with E-state index in [1.165, 1.54) is 0 Å². The van der Waals surface area contributed by atoms with Crippen LogP contribution in [0.4, 0.5) is 0 Å². The van der Waals surface area contributed by atoms with Crippen molar-refractivity contribution in [1.82, 2.24) is 4.31 Å². The molecule has 1 N–H and O–H groups in total. The molecule has 0 bridgehead atoms. The lowest BCUT2D eigenvalue weighted by molar-refractivity contribution is -0.144. The van der Waals surface area contributed by atoms with Crippen molar-refractivity contribution in [3.63, 3.8) is 0 Å². The lowest BCUT2D eigenvalue weighted by Gasteiger charge is -2.36. The third-order valence-corrected chi connectivity index (χ3v) is 4.99. The summed E-state index contributed by atoms with van der Waals surface area (Å²) in [6.45, 7) is 4.42. The van der Waals surface area contributed by atoms with Gasteiger partial charge in [-0.05, 0) is 25.7 Å². The van der Waals surface area contributed by atoms with Crippen LogP contribution in [0.5, 0.6) is 0 Å². The predicted molar refractivity (Wildman–Crippen MR) is 66.8 cm³/mol. The van der Waals surface area contributed by atoms with E-state index in [2.05, 4.69) is 0 Å². The molecule has 7 heteroatoms. The summed E-state index contributed by atoms with van der Waals surface area (Å²) in [6, 6.07) is -0.939. The Morgan fingerprint density at radius 3 is 2.72 bits per heavy atom. The minimum atomic E-state index is -3.56. The molecular weight excluding hydrogens is 258 g/mol. The van der Waals surface area contributed by atoms with Gasteiger partial charge in [-0.1, -0.05) is 6.92 Å².